The van der Waals surface area contributed by atoms with Gasteiger partial charge in [0, 0.05) is 11.6 Å². The highest BCUT2D eigenvalue weighted by molar-refractivity contribution is 6.34. The monoisotopic (exact) mass is 399 g/mol. The summed E-state index contributed by atoms with van der Waals surface area (Å²) in [5, 5.41) is 4.15. The van der Waals surface area contributed by atoms with Gasteiger partial charge in [-0.15, -0.1) is 4.59 Å². The molecule has 0 fully saturated rings. The van der Waals surface area contributed by atoms with Gasteiger partial charge in [-0.25, -0.2) is 17.6 Å². The number of benzene rings is 2. The topological polar surface area (TPSA) is 38.7 Å². The zero-order valence-corrected chi connectivity index (χ0v) is 14.6. The van der Waals surface area contributed by atoms with E-state index in [0.717, 1.165) is 12.1 Å². The van der Waals surface area contributed by atoms with Crippen LogP contribution >= 0.6 is 11.6 Å². The third-order valence-corrected chi connectivity index (χ3v) is 4.21. The van der Waals surface area contributed by atoms with E-state index in [9.17, 15) is 22.4 Å². The van der Waals surface area contributed by atoms with E-state index in [1.54, 1.807) is 24.3 Å². The smallest absolute Gasteiger partial charge is 0.298 e. The second-order valence-corrected chi connectivity index (χ2v) is 6.17. The van der Waals surface area contributed by atoms with Crippen LogP contribution in [0.3, 0.4) is 0 Å². The fourth-order valence-electron chi connectivity index (χ4n) is 2.84. The van der Waals surface area contributed by atoms with Gasteiger partial charge >= 0.3 is 0 Å². The van der Waals surface area contributed by atoms with Crippen LogP contribution in [0.2, 0.25) is 0 Å². The number of rotatable bonds is 5. The lowest BCUT2D eigenvalue weighted by atomic mass is 10.0. The van der Waals surface area contributed by atoms with Crippen LogP contribution in [0.5, 0.6) is 0 Å². The first kappa shape index (κ1) is 19.1. The van der Waals surface area contributed by atoms with Gasteiger partial charge < -0.3 is 4.74 Å². The number of ether oxygens (including phenoxy) is 1. The maximum absolute atomic E-state index is 13.7. The van der Waals surface area contributed by atoms with Crippen LogP contribution in [0.1, 0.15) is 0 Å². The minimum atomic E-state index is -2.04. The molecule has 2 atom stereocenters. The van der Waals surface area contributed by atoms with Crippen molar-refractivity contribution in [2.45, 2.75) is 5.63 Å². The molecule has 9 heteroatoms. The Morgan fingerprint density at radius 2 is 1.81 bits per heavy atom. The van der Waals surface area contributed by atoms with Crippen LogP contribution < -0.4 is 4.59 Å². The van der Waals surface area contributed by atoms with Gasteiger partial charge in [-0.1, -0.05) is 28.8 Å². The zero-order chi connectivity index (χ0) is 19.8. The second-order valence-electron chi connectivity index (χ2n) is 5.79. The molecule has 0 radical (unpaired) electrons. The summed E-state index contributed by atoms with van der Waals surface area (Å²) in [7, 11) is 1.52. The molecule has 3 rings (SSSR count). The largest absolute Gasteiger partial charge is 0.421 e. The molecule has 140 valence electrons. The van der Waals surface area contributed by atoms with Gasteiger partial charge in [-0.05, 0) is 23.8 Å². The van der Waals surface area contributed by atoms with Crippen molar-refractivity contribution in [1.29, 1.82) is 0 Å². The van der Waals surface area contributed by atoms with Crippen molar-refractivity contribution < 1.29 is 27.1 Å². The Bertz CT molecular complexity index is 955. The number of carbonyl (C=O) groups is 1. The van der Waals surface area contributed by atoms with Crippen molar-refractivity contribution in [1.82, 2.24) is 4.59 Å². The summed E-state index contributed by atoms with van der Waals surface area (Å²) in [4.78, 5) is 10.7. The van der Waals surface area contributed by atoms with Gasteiger partial charge in [0.25, 0.3) is 6.47 Å². The first-order chi connectivity index (χ1) is 12.8. The quantitative estimate of drug-likeness (QED) is 0.242. The number of carbonyl (C=O) groups excluding carboxylic acids is 1. The van der Waals surface area contributed by atoms with E-state index in [-0.39, 0.29) is 23.5 Å². The first-order valence-corrected chi connectivity index (χ1v) is 8.03. The average molecular weight is 400 g/mol. The minimum absolute atomic E-state index is 0.0546. The lowest BCUT2D eigenvalue weighted by Gasteiger charge is -2.22. The van der Waals surface area contributed by atoms with E-state index >= 15 is 0 Å². The SMILES string of the molecule is C[N+]1(c2ccccc2-c2cc(F)c(F)c(F)c2)C=C(OC=O)C(C(F)Cl)=N1. The Morgan fingerprint density at radius 3 is 2.41 bits per heavy atom. The van der Waals surface area contributed by atoms with Crippen molar-refractivity contribution in [3.05, 3.63) is 65.8 Å². The maximum Gasteiger partial charge on any atom is 0.298 e. The third kappa shape index (κ3) is 3.45. The van der Waals surface area contributed by atoms with E-state index < -0.39 is 27.7 Å². The van der Waals surface area contributed by atoms with Gasteiger partial charge in [-0.2, -0.15) is 0 Å². The van der Waals surface area contributed by atoms with Gasteiger partial charge in [0.05, 0.1) is 0 Å². The molecule has 0 aliphatic carbocycles. The molecule has 1 aliphatic heterocycles. The molecule has 4 nitrogen and oxygen atoms in total. The number of quaternary nitrogens is 1. The Hall–Kier alpha value is -2.71. The van der Waals surface area contributed by atoms with Gasteiger partial charge in [-0.3, -0.25) is 4.79 Å². The predicted octanol–water partition coefficient (Wildman–Crippen LogP) is 4.63. The molecular formula is C18H12ClF4N2O2+. The molecule has 1 aliphatic rings. The van der Waals surface area contributed by atoms with E-state index in [4.69, 9.17) is 16.3 Å². The van der Waals surface area contributed by atoms with E-state index in [1.165, 1.54) is 13.2 Å². The molecule has 1 heterocycles. The Kier molecular flexibility index (Phi) is 5.03. The fourth-order valence-corrected chi connectivity index (χ4v) is 2.99. The number of hydrogen-bond acceptors (Lipinski definition) is 3. The second kappa shape index (κ2) is 7.13. The van der Waals surface area contributed by atoms with E-state index in [0.29, 0.717) is 11.3 Å². The molecule has 2 aromatic carbocycles. The van der Waals surface area contributed by atoms with Crippen LogP contribution in [0.15, 0.2) is 53.5 Å². The summed E-state index contributed by atoms with van der Waals surface area (Å²) in [6.07, 6.45) is 1.31. The third-order valence-electron chi connectivity index (χ3n) is 4.00. The summed E-state index contributed by atoms with van der Waals surface area (Å²) in [5.74, 6) is -4.46. The Morgan fingerprint density at radius 1 is 1.19 bits per heavy atom. The molecule has 0 aromatic heterocycles. The van der Waals surface area contributed by atoms with Crippen molar-refractivity contribution in [3.63, 3.8) is 0 Å². The maximum atomic E-state index is 13.7. The highest BCUT2D eigenvalue weighted by Crippen LogP contribution is 2.39. The summed E-state index contributed by atoms with van der Waals surface area (Å²) in [6.45, 7) is 0.104. The lowest BCUT2D eigenvalue weighted by molar-refractivity contribution is -0.124. The molecule has 0 spiro atoms. The average Bonchev–Trinajstić information content (AvgIpc) is 2.98. The van der Waals surface area contributed by atoms with Crippen molar-refractivity contribution in [2.24, 2.45) is 5.10 Å². The molecule has 0 saturated carbocycles. The highest BCUT2D eigenvalue weighted by Gasteiger charge is 2.39. The van der Waals surface area contributed by atoms with Crippen LogP contribution in [0.4, 0.5) is 23.2 Å². The summed E-state index contributed by atoms with van der Waals surface area (Å²) >= 11 is 5.46. The van der Waals surface area contributed by atoms with Crippen molar-refractivity contribution >= 4 is 29.5 Å². The summed E-state index contributed by atoms with van der Waals surface area (Å²) < 4.78 is 58.6. The zero-order valence-electron chi connectivity index (χ0n) is 13.8. The lowest BCUT2D eigenvalue weighted by Crippen LogP contribution is -2.31. The highest BCUT2D eigenvalue weighted by atomic mass is 35.5. The number of hydrogen-bond donors (Lipinski definition) is 0. The van der Waals surface area contributed by atoms with Crippen LogP contribution in [-0.4, -0.2) is 24.9 Å². The summed E-state index contributed by atoms with van der Waals surface area (Å²) in [5.41, 5.74) is -1.61. The van der Waals surface area contributed by atoms with Gasteiger partial charge in [0.2, 0.25) is 11.4 Å². The van der Waals surface area contributed by atoms with Gasteiger partial charge in [0.15, 0.2) is 35.1 Å². The number of nitrogens with zero attached hydrogens (tertiary/aromatic N) is 2. The standard InChI is InChI=1S/C18H12ClF4N2O2/c1-25(8-15(27-9-26)17(24-25)18(19)23)14-5-3-2-4-11(14)10-6-12(20)16(22)13(21)7-10/h2-9,18H,1H3/q+1. The fraction of sp³-hybridized carbons (Fsp3) is 0.111. The Balaban J connectivity index is 2.19. The Labute approximate surface area is 156 Å². The number of halogens is 5. The van der Waals surface area contributed by atoms with E-state index in [2.05, 4.69) is 5.10 Å². The molecule has 2 aromatic rings. The van der Waals surface area contributed by atoms with E-state index in [1.807, 2.05) is 0 Å². The molecule has 0 bridgehead atoms. The molecule has 0 saturated heterocycles. The van der Waals surface area contributed by atoms with Crippen molar-refractivity contribution in [3.8, 4) is 11.1 Å². The first-order valence-electron chi connectivity index (χ1n) is 7.59. The summed E-state index contributed by atoms with van der Waals surface area (Å²) in [6, 6.07) is 8.05. The van der Waals surface area contributed by atoms with Crippen LogP contribution in [0.25, 0.3) is 11.1 Å². The number of allylic oxidation sites excluding steroid dienone is 1. The molecular weight excluding hydrogens is 388 g/mol. The molecule has 0 amide bonds. The normalized spacial score (nSPS) is 20.1. The predicted molar refractivity (Wildman–Crippen MR) is 92.9 cm³/mol. The van der Waals surface area contributed by atoms with Gasteiger partial charge in [0.1, 0.15) is 7.05 Å². The number of para-hydroxylation sites is 1. The molecule has 2 unspecified atom stereocenters. The van der Waals surface area contributed by atoms with Crippen LogP contribution in [0, 0.1) is 17.5 Å². The van der Waals surface area contributed by atoms with Crippen LogP contribution in [-0.2, 0) is 9.53 Å². The minimum Gasteiger partial charge on any atom is -0.421 e. The molecule has 27 heavy (non-hydrogen) atoms. The number of alkyl halides is 2. The van der Waals surface area contributed by atoms with Crippen molar-refractivity contribution in [2.75, 3.05) is 7.05 Å². The molecule has 0 N–H and O–H groups in total.